The Morgan fingerprint density at radius 1 is 0.607 bits per heavy atom. The van der Waals surface area contributed by atoms with Crippen molar-refractivity contribution in [2.75, 3.05) is 0 Å². The molecule has 0 radical (unpaired) electrons. The van der Waals surface area contributed by atoms with Gasteiger partial charge in [0.2, 0.25) is 0 Å². The summed E-state index contributed by atoms with van der Waals surface area (Å²) in [5, 5.41) is 3.81. The van der Waals surface area contributed by atoms with Gasteiger partial charge in [0.25, 0.3) is 0 Å². The summed E-state index contributed by atoms with van der Waals surface area (Å²) in [4.78, 5) is 3.55. The van der Waals surface area contributed by atoms with Gasteiger partial charge in [-0.2, -0.15) is 0 Å². The van der Waals surface area contributed by atoms with E-state index in [9.17, 15) is 0 Å². The number of hydrogen-bond donors (Lipinski definition) is 1. The zero-order valence-corrected chi connectivity index (χ0v) is 15.4. The maximum Gasteiger partial charge on any atom is 0.0464 e. The molecule has 0 amide bonds. The Labute approximate surface area is 164 Å². The minimum atomic E-state index is 1.02. The summed E-state index contributed by atoms with van der Waals surface area (Å²) < 4.78 is 0. The molecule has 1 aliphatic carbocycles. The molecule has 6 rings (SSSR count). The fourth-order valence-electron chi connectivity index (χ4n) is 4.31. The largest absolute Gasteiger partial charge is 0.355 e. The van der Waals surface area contributed by atoms with Crippen LogP contribution in [0.3, 0.4) is 0 Å². The van der Waals surface area contributed by atoms with Crippen LogP contribution in [0.2, 0.25) is 0 Å². The molecule has 0 unspecified atom stereocenters. The highest BCUT2D eigenvalue weighted by molar-refractivity contribution is 5.95. The van der Waals surface area contributed by atoms with E-state index in [4.69, 9.17) is 0 Å². The van der Waals surface area contributed by atoms with Crippen LogP contribution in [-0.2, 0) is 6.42 Å². The average molecular weight is 357 g/mol. The summed E-state index contributed by atoms with van der Waals surface area (Å²) in [6, 6.07) is 32.9. The fraction of sp³-hybridized carbons (Fsp3) is 0.0370. The lowest BCUT2D eigenvalue weighted by molar-refractivity contribution is 1.32. The first-order valence-electron chi connectivity index (χ1n) is 9.74. The number of hydrogen-bond acceptors (Lipinski definition) is 0. The van der Waals surface area contributed by atoms with E-state index in [1.807, 2.05) is 0 Å². The number of benzene rings is 4. The molecule has 28 heavy (non-hydrogen) atoms. The normalized spacial score (nSPS) is 13.1. The zero-order chi connectivity index (χ0) is 18.5. The van der Waals surface area contributed by atoms with Crippen molar-refractivity contribution in [1.29, 1.82) is 0 Å². The van der Waals surface area contributed by atoms with E-state index in [2.05, 4.69) is 102 Å². The van der Waals surface area contributed by atoms with Gasteiger partial charge in [0.15, 0.2) is 0 Å². The number of allylic oxidation sites excluding steroid dienone is 1. The molecular weight excluding hydrogens is 338 g/mol. The molecule has 0 atom stereocenters. The monoisotopic (exact) mass is 357 g/mol. The molecule has 0 bridgehead atoms. The van der Waals surface area contributed by atoms with Crippen molar-refractivity contribution in [3.63, 3.8) is 0 Å². The van der Waals surface area contributed by atoms with E-state index in [1.165, 1.54) is 55.2 Å². The highest BCUT2D eigenvalue weighted by Crippen LogP contribution is 2.34. The third-order valence-electron chi connectivity index (χ3n) is 5.82. The summed E-state index contributed by atoms with van der Waals surface area (Å²) in [7, 11) is 0. The quantitative estimate of drug-likeness (QED) is 0.347. The third-order valence-corrected chi connectivity index (χ3v) is 5.82. The van der Waals surface area contributed by atoms with Crippen molar-refractivity contribution in [1.82, 2.24) is 4.98 Å². The van der Waals surface area contributed by atoms with Crippen LogP contribution in [0.15, 0.2) is 91.0 Å². The first-order chi connectivity index (χ1) is 13.8. The molecule has 1 heterocycles. The lowest BCUT2D eigenvalue weighted by Crippen LogP contribution is -1.86. The Balaban J connectivity index is 1.43. The number of para-hydroxylation sites is 1. The van der Waals surface area contributed by atoms with Crippen molar-refractivity contribution in [3.05, 3.63) is 108 Å². The summed E-state index contributed by atoms with van der Waals surface area (Å²) in [5.74, 6) is 0. The standard InChI is InChI=1S/C27H19N/c1-2-6-20-14-25(13-19(20)5-1)21-11-9-18-10-12-23(16-24(18)15-21)27-17-22-7-3-4-8-26(22)28-27/h1-13,15-17,28H,14H2. The maximum atomic E-state index is 3.55. The smallest absolute Gasteiger partial charge is 0.0464 e. The van der Waals surface area contributed by atoms with Crippen molar-refractivity contribution >= 4 is 33.3 Å². The van der Waals surface area contributed by atoms with Crippen LogP contribution in [0, 0.1) is 0 Å². The zero-order valence-electron chi connectivity index (χ0n) is 15.4. The molecule has 1 aliphatic rings. The number of rotatable bonds is 2. The predicted molar refractivity (Wildman–Crippen MR) is 119 cm³/mol. The molecule has 1 nitrogen and oxygen atoms in total. The molecule has 132 valence electrons. The molecule has 0 saturated carbocycles. The third kappa shape index (κ3) is 2.48. The van der Waals surface area contributed by atoms with Gasteiger partial charge in [0.1, 0.15) is 0 Å². The van der Waals surface area contributed by atoms with E-state index in [-0.39, 0.29) is 0 Å². The Morgan fingerprint density at radius 2 is 1.39 bits per heavy atom. The second kappa shape index (κ2) is 5.97. The second-order valence-electron chi connectivity index (χ2n) is 7.59. The lowest BCUT2D eigenvalue weighted by atomic mass is 9.98. The number of aromatic amines is 1. The van der Waals surface area contributed by atoms with E-state index >= 15 is 0 Å². The number of H-pyrrole nitrogens is 1. The number of nitrogens with one attached hydrogen (secondary N) is 1. The Morgan fingerprint density at radius 3 is 2.29 bits per heavy atom. The van der Waals surface area contributed by atoms with Gasteiger partial charge in [0, 0.05) is 16.6 Å². The van der Waals surface area contributed by atoms with E-state index < -0.39 is 0 Å². The molecule has 0 saturated heterocycles. The molecule has 5 aromatic rings. The van der Waals surface area contributed by atoms with Crippen LogP contribution >= 0.6 is 0 Å². The maximum absolute atomic E-state index is 3.55. The van der Waals surface area contributed by atoms with Gasteiger partial charge >= 0.3 is 0 Å². The highest BCUT2D eigenvalue weighted by Gasteiger charge is 2.14. The van der Waals surface area contributed by atoms with Crippen molar-refractivity contribution < 1.29 is 0 Å². The average Bonchev–Trinajstić information content (AvgIpc) is 3.37. The van der Waals surface area contributed by atoms with Gasteiger partial charge in [-0.15, -0.1) is 0 Å². The van der Waals surface area contributed by atoms with Crippen LogP contribution in [0.5, 0.6) is 0 Å². The van der Waals surface area contributed by atoms with Crippen molar-refractivity contribution in [2.24, 2.45) is 0 Å². The summed E-state index contributed by atoms with van der Waals surface area (Å²) in [6.07, 6.45) is 3.35. The molecule has 1 aromatic heterocycles. The fourth-order valence-corrected chi connectivity index (χ4v) is 4.31. The van der Waals surface area contributed by atoms with Crippen molar-refractivity contribution in [2.45, 2.75) is 6.42 Å². The van der Waals surface area contributed by atoms with Crippen LogP contribution in [0.25, 0.3) is 44.6 Å². The molecule has 4 aromatic carbocycles. The van der Waals surface area contributed by atoms with Crippen LogP contribution in [0.1, 0.15) is 16.7 Å². The Bertz CT molecular complexity index is 1350. The topological polar surface area (TPSA) is 15.8 Å². The van der Waals surface area contributed by atoms with E-state index in [0.29, 0.717) is 0 Å². The number of aromatic nitrogens is 1. The molecule has 1 heteroatoms. The Kier molecular flexibility index (Phi) is 3.30. The lowest BCUT2D eigenvalue weighted by Gasteiger charge is -2.07. The first-order valence-corrected chi connectivity index (χ1v) is 9.74. The van der Waals surface area contributed by atoms with Gasteiger partial charge in [-0.3, -0.25) is 0 Å². The molecule has 0 aliphatic heterocycles. The Hall–Kier alpha value is -3.58. The second-order valence-corrected chi connectivity index (χ2v) is 7.59. The van der Waals surface area contributed by atoms with E-state index in [0.717, 1.165) is 6.42 Å². The molecule has 1 N–H and O–H groups in total. The predicted octanol–water partition coefficient (Wildman–Crippen LogP) is 7.08. The van der Waals surface area contributed by atoms with Crippen LogP contribution in [0.4, 0.5) is 0 Å². The number of fused-ring (bicyclic) bond motifs is 3. The SMILES string of the molecule is C1=C(c2ccc3ccc(-c4cc5ccccc5[nH]4)cc3c2)Cc2ccccc21. The van der Waals surface area contributed by atoms with Crippen LogP contribution in [-0.4, -0.2) is 4.98 Å². The summed E-state index contributed by atoms with van der Waals surface area (Å²) in [6.45, 7) is 0. The van der Waals surface area contributed by atoms with Gasteiger partial charge in [-0.05, 0) is 69.3 Å². The van der Waals surface area contributed by atoms with Gasteiger partial charge in [-0.1, -0.05) is 72.8 Å². The molecular formula is C27H19N. The van der Waals surface area contributed by atoms with Crippen LogP contribution < -0.4 is 0 Å². The summed E-state index contributed by atoms with van der Waals surface area (Å²) in [5.41, 5.74) is 9.07. The van der Waals surface area contributed by atoms with Gasteiger partial charge in [0.05, 0.1) is 0 Å². The molecule has 0 spiro atoms. The highest BCUT2D eigenvalue weighted by atomic mass is 14.7. The van der Waals surface area contributed by atoms with E-state index in [1.54, 1.807) is 0 Å². The minimum absolute atomic E-state index is 1.02. The van der Waals surface area contributed by atoms with Crippen molar-refractivity contribution in [3.8, 4) is 11.3 Å². The summed E-state index contributed by atoms with van der Waals surface area (Å²) >= 11 is 0. The first kappa shape index (κ1) is 15.5. The van der Waals surface area contributed by atoms with Gasteiger partial charge in [-0.25, -0.2) is 0 Å². The molecule has 0 fully saturated rings. The minimum Gasteiger partial charge on any atom is -0.355 e. The van der Waals surface area contributed by atoms with Gasteiger partial charge < -0.3 is 4.98 Å².